The molecule has 0 unspecified atom stereocenters. The van der Waals surface area contributed by atoms with Crippen molar-refractivity contribution in [2.75, 3.05) is 73.4 Å². The van der Waals surface area contributed by atoms with Crippen molar-refractivity contribution in [1.82, 2.24) is 34.8 Å². The zero-order chi connectivity index (χ0) is 45.9. The number of H-pyrrole nitrogens is 1. The van der Waals surface area contributed by atoms with Gasteiger partial charge in [-0.1, -0.05) is 12.1 Å². The first kappa shape index (κ1) is 43.5. The van der Waals surface area contributed by atoms with Crippen LogP contribution in [0.5, 0.6) is 0 Å². The van der Waals surface area contributed by atoms with E-state index in [9.17, 15) is 32.0 Å². The van der Waals surface area contributed by atoms with E-state index in [-0.39, 0.29) is 54.9 Å². The van der Waals surface area contributed by atoms with Gasteiger partial charge < -0.3 is 25.0 Å². The maximum Gasteiger partial charge on any atom is 0.301 e. The number of hydrogen-bond donors (Lipinski definition) is 4. The van der Waals surface area contributed by atoms with Crippen LogP contribution in [0.1, 0.15) is 58.5 Å². The number of fused-ring (bicyclic) bond motifs is 1. The number of nitrogens with zero attached hydrogens (tertiary/aromatic N) is 6. The zero-order valence-corrected chi connectivity index (χ0v) is 36.6. The highest BCUT2D eigenvalue weighted by atomic mass is 32.2. The first-order chi connectivity index (χ1) is 31.7. The molecule has 5 fully saturated rings. The fourth-order valence-electron chi connectivity index (χ4n) is 9.98. The average Bonchev–Trinajstić information content (AvgIpc) is 3.93. The Labute approximate surface area is 378 Å². The Bertz CT molecular complexity index is 2840. The Morgan fingerprint density at radius 3 is 2.30 bits per heavy atom. The van der Waals surface area contributed by atoms with Crippen LogP contribution in [0.4, 0.5) is 30.2 Å². The van der Waals surface area contributed by atoms with Crippen LogP contribution in [0.3, 0.4) is 0 Å². The molecule has 20 heteroatoms. The molecule has 66 heavy (non-hydrogen) atoms. The Kier molecular flexibility index (Phi) is 11.3. The van der Waals surface area contributed by atoms with E-state index in [1.807, 2.05) is 22.9 Å². The van der Waals surface area contributed by atoms with Gasteiger partial charge in [0, 0.05) is 105 Å². The van der Waals surface area contributed by atoms with Gasteiger partial charge in [-0.15, -0.1) is 0 Å². The molecule has 3 aromatic heterocycles. The van der Waals surface area contributed by atoms with Crippen molar-refractivity contribution in [2.24, 2.45) is 11.3 Å². The normalized spacial score (nSPS) is 21.4. The van der Waals surface area contributed by atoms with Crippen LogP contribution in [0.2, 0.25) is 0 Å². The van der Waals surface area contributed by atoms with E-state index in [4.69, 9.17) is 0 Å². The Morgan fingerprint density at radius 2 is 1.61 bits per heavy atom. The van der Waals surface area contributed by atoms with Crippen molar-refractivity contribution < 1.29 is 40.8 Å². The first-order valence-electron chi connectivity index (χ1n) is 22.1. The topological polar surface area (TPSA) is 193 Å². The van der Waals surface area contributed by atoms with Gasteiger partial charge in [0.15, 0.2) is 5.82 Å². The minimum Gasteiger partial charge on any atom is -0.372 e. The number of aromatic nitrogens is 3. The number of carbonyl (C=O) groups excluding carboxylic acids is 4. The number of alkyl halides is 1. The van der Waals surface area contributed by atoms with Gasteiger partial charge in [-0.3, -0.25) is 29.2 Å². The van der Waals surface area contributed by atoms with Crippen molar-refractivity contribution >= 4 is 61.8 Å². The molecule has 5 aromatic rings. The van der Waals surface area contributed by atoms with Gasteiger partial charge in [0.25, 0.3) is 5.91 Å². The lowest BCUT2D eigenvalue weighted by atomic mass is 9.72. The number of anilines is 3. The predicted octanol–water partition coefficient (Wildman–Crippen LogP) is 4.41. The largest absolute Gasteiger partial charge is 0.372 e. The third-order valence-electron chi connectivity index (χ3n) is 13.5. The lowest BCUT2D eigenvalue weighted by Gasteiger charge is -2.61. The monoisotopic (exact) mass is 924 g/mol. The molecule has 344 valence electrons. The second kappa shape index (κ2) is 17.1. The second-order valence-electron chi connectivity index (χ2n) is 18.2. The number of imide groups is 1. The zero-order valence-electron chi connectivity index (χ0n) is 35.7. The van der Waals surface area contributed by atoms with E-state index < -0.39 is 62.9 Å². The van der Waals surface area contributed by atoms with Gasteiger partial charge in [-0.05, 0) is 79.6 Å². The lowest BCUT2D eigenvalue weighted by molar-refractivity contribution is -0.134. The van der Waals surface area contributed by atoms with Gasteiger partial charge in [0.05, 0.1) is 23.1 Å². The number of hydrogen-bond acceptors (Lipinski definition) is 11. The van der Waals surface area contributed by atoms with E-state index in [1.54, 1.807) is 24.5 Å². The Hall–Kier alpha value is -6.38. The SMILES string of the molecule is O=C1CC[C@@H](NC(=O)c2ccc(N3CC4(CN(CC5CCN(c6ccc(-c7cnc8[nH]cc(C(=O)c9c(F)ccc(NS(=O)(=O)N%10CC[C@@H](F)C%10)c9F)c8c7)cc6)CC5)C4)C3)cn2)C(=O)N1. The third-order valence-corrected chi connectivity index (χ3v) is 15.0. The summed E-state index contributed by atoms with van der Waals surface area (Å²) in [6, 6.07) is 14.3. The standard InChI is InChI=1S/C46H47F3N10O6S/c47-30-13-16-59(22-30)66(64,65)55-36-8-6-35(48)40(41(36)49)42(61)34-20-52-43-33(34)17-29(18-51-43)28-1-3-31(4-2-28)57-14-11-27(12-15-57)21-56-23-46(24-56)25-58(26-46)32-5-7-37(50-19-32)44(62)53-38-9-10-39(60)54-45(38)63/h1-8,17-20,27,30,38,55H,9-16,21-26H2,(H,51,52)(H,53,62)(H,54,60,63)/t30-,38-/m1/s1. The molecule has 4 N–H and O–H groups in total. The number of amides is 3. The van der Waals surface area contributed by atoms with Crippen molar-refractivity contribution in [3.05, 3.63) is 102 Å². The summed E-state index contributed by atoms with van der Waals surface area (Å²) in [4.78, 5) is 68.7. The fraction of sp³-hybridized carbons (Fsp3) is 0.391. The number of nitrogens with one attached hydrogen (secondary N) is 4. The summed E-state index contributed by atoms with van der Waals surface area (Å²) in [7, 11) is -4.35. The number of likely N-dealkylation sites (tertiary alicyclic amines) is 1. The molecule has 5 aliphatic heterocycles. The van der Waals surface area contributed by atoms with Crippen molar-refractivity contribution in [2.45, 2.75) is 44.3 Å². The number of rotatable bonds is 12. The summed E-state index contributed by atoms with van der Waals surface area (Å²) in [5, 5.41) is 5.24. The van der Waals surface area contributed by atoms with Crippen LogP contribution < -0.4 is 25.2 Å². The summed E-state index contributed by atoms with van der Waals surface area (Å²) in [6.45, 7) is 6.42. The molecule has 0 saturated carbocycles. The number of ketones is 1. The fourth-order valence-corrected chi connectivity index (χ4v) is 11.3. The van der Waals surface area contributed by atoms with Gasteiger partial charge in [0.1, 0.15) is 29.4 Å². The summed E-state index contributed by atoms with van der Waals surface area (Å²) < 4.78 is 73.1. The molecule has 5 aliphatic rings. The first-order valence-corrected chi connectivity index (χ1v) is 23.5. The number of pyridine rings is 2. The van der Waals surface area contributed by atoms with Crippen LogP contribution in [0, 0.1) is 23.0 Å². The van der Waals surface area contributed by atoms with E-state index in [0.717, 1.165) is 92.0 Å². The highest BCUT2D eigenvalue weighted by Gasteiger charge is 2.52. The predicted molar refractivity (Wildman–Crippen MR) is 239 cm³/mol. The van der Waals surface area contributed by atoms with E-state index in [0.29, 0.717) is 22.5 Å². The van der Waals surface area contributed by atoms with Gasteiger partial charge in [-0.25, -0.2) is 23.1 Å². The van der Waals surface area contributed by atoms with Crippen LogP contribution in [0.25, 0.3) is 22.2 Å². The molecule has 5 saturated heterocycles. The van der Waals surface area contributed by atoms with E-state index in [2.05, 4.69) is 52.4 Å². The minimum atomic E-state index is -4.35. The molecule has 2 aromatic carbocycles. The minimum absolute atomic E-state index is 0.00381. The summed E-state index contributed by atoms with van der Waals surface area (Å²) >= 11 is 0. The van der Waals surface area contributed by atoms with Crippen LogP contribution in [-0.4, -0.2) is 127 Å². The molecule has 10 rings (SSSR count). The van der Waals surface area contributed by atoms with Gasteiger partial charge in [-0.2, -0.15) is 12.7 Å². The Balaban J connectivity index is 0.703. The average molecular weight is 925 g/mol. The molecule has 8 heterocycles. The number of aromatic amines is 1. The maximum absolute atomic E-state index is 15.8. The highest BCUT2D eigenvalue weighted by Crippen LogP contribution is 2.42. The lowest BCUT2D eigenvalue weighted by Crippen LogP contribution is -2.72. The molecule has 0 bridgehead atoms. The van der Waals surface area contributed by atoms with Crippen LogP contribution in [-0.2, 0) is 19.8 Å². The van der Waals surface area contributed by atoms with E-state index in [1.165, 1.54) is 6.20 Å². The molecule has 0 radical (unpaired) electrons. The molecule has 3 amide bonds. The number of benzene rings is 2. The number of carbonyl (C=O) groups is 4. The Morgan fingerprint density at radius 1 is 0.848 bits per heavy atom. The quantitative estimate of drug-likeness (QED) is 0.102. The van der Waals surface area contributed by atoms with E-state index >= 15 is 8.78 Å². The number of piperidine rings is 2. The smallest absolute Gasteiger partial charge is 0.301 e. The second-order valence-corrected chi connectivity index (χ2v) is 19.8. The third kappa shape index (κ3) is 8.48. The van der Waals surface area contributed by atoms with Crippen molar-refractivity contribution in [1.29, 1.82) is 0 Å². The van der Waals surface area contributed by atoms with Gasteiger partial charge in [0.2, 0.25) is 17.6 Å². The van der Waals surface area contributed by atoms with Gasteiger partial charge >= 0.3 is 10.2 Å². The molecule has 1 spiro atoms. The van der Waals surface area contributed by atoms with Crippen LogP contribution in [0.15, 0.2) is 73.2 Å². The molecule has 16 nitrogen and oxygen atoms in total. The van der Waals surface area contributed by atoms with Crippen LogP contribution >= 0.6 is 0 Å². The molecular formula is C46H47F3N10O6S. The molecule has 2 atom stereocenters. The number of halogens is 3. The van der Waals surface area contributed by atoms with Crippen molar-refractivity contribution in [3.8, 4) is 11.1 Å². The molecular weight excluding hydrogens is 878 g/mol. The highest BCUT2D eigenvalue weighted by molar-refractivity contribution is 7.90. The summed E-state index contributed by atoms with van der Waals surface area (Å²) in [6.07, 6.45) is 5.92. The molecule has 0 aliphatic carbocycles. The van der Waals surface area contributed by atoms with Crippen molar-refractivity contribution in [3.63, 3.8) is 0 Å². The summed E-state index contributed by atoms with van der Waals surface area (Å²) in [5.41, 5.74) is 2.78. The summed E-state index contributed by atoms with van der Waals surface area (Å²) in [5.74, 6) is -4.23. The maximum atomic E-state index is 15.8.